The summed E-state index contributed by atoms with van der Waals surface area (Å²) in [4.78, 5) is 36.2. The number of rotatable bonds is 12. The second-order valence-electron chi connectivity index (χ2n) is 7.22. The lowest BCUT2D eigenvalue weighted by Gasteiger charge is -2.13. The van der Waals surface area contributed by atoms with Crippen LogP contribution in [-0.4, -0.2) is 36.1 Å². The van der Waals surface area contributed by atoms with Crippen LogP contribution in [0.4, 0.5) is 0 Å². The fourth-order valence-corrected chi connectivity index (χ4v) is 3.07. The molecule has 3 N–H and O–H groups in total. The van der Waals surface area contributed by atoms with Gasteiger partial charge in [-0.25, -0.2) is 0 Å². The van der Waals surface area contributed by atoms with E-state index in [1.807, 2.05) is 30.3 Å². The largest absolute Gasteiger partial charge is 0.489 e. The van der Waals surface area contributed by atoms with E-state index in [9.17, 15) is 14.4 Å². The van der Waals surface area contributed by atoms with Crippen LogP contribution >= 0.6 is 12.2 Å². The third-order valence-corrected chi connectivity index (χ3v) is 4.74. The highest BCUT2D eigenvalue weighted by molar-refractivity contribution is 7.80. The molecule has 0 aromatic heterocycles. The molecule has 0 bridgehead atoms. The van der Waals surface area contributed by atoms with Crippen molar-refractivity contribution in [1.82, 2.24) is 16.2 Å². The quantitative estimate of drug-likeness (QED) is 0.140. The van der Waals surface area contributed by atoms with Crippen LogP contribution in [0.3, 0.4) is 0 Å². The van der Waals surface area contributed by atoms with E-state index in [0.29, 0.717) is 24.3 Å². The van der Waals surface area contributed by atoms with Crippen molar-refractivity contribution >= 4 is 35.1 Å². The lowest BCUT2D eigenvalue weighted by Crippen LogP contribution is -2.48. The number of carbonyl (C=O) groups is 3. The SMILES string of the molecule is C=CCOc1ccccc1C(=O)NNC(=S)NC(=O)CCCC(=O)OCCCc1ccccc1. The van der Waals surface area contributed by atoms with E-state index in [2.05, 4.69) is 22.7 Å². The van der Waals surface area contributed by atoms with Crippen LogP contribution in [0.5, 0.6) is 5.75 Å². The third-order valence-electron chi connectivity index (χ3n) is 4.53. The number of thiocarbonyl (C=S) groups is 1. The molecule has 0 heterocycles. The number of nitrogens with one attached hydrogen (secondary N) is 3. The molecule has 2 aromatic rings. The van der Waals surface area contributed by atoms with Crippen molar-refractivity contribution < 1.29 is 23.9 Å². The van der Waals surface area contributed by atoms with E-state index in [1.54, 1.807) is 30.3 Å². The van der Waals surface area contributed by atoms with Crippen molar-refractivity contribution in [2.24, 2.45) is 0 Å². The van der Waals surface area contributed by atoms with Gasteiger partial charge in [0.2, 0.25) is 5.91 Å². The van der Waals surface area contributed by atoms with E-state index >= 15 is 0 Å². The molecule has 0 unspecified atom stereocenters. The molecule has 0 saturated heterocycles. The minimum atomic E-state index is -0.480. The summed E-state index contributed by atoms with van der Waals surface area (Å²) in [6.07, 6.45) is 3.71. The summed E-state index contributed by atoms with van der Waals surface area (Å²) in [5.74, 6) is -0.806. The lowest BCUT2D eigenvalue weighted by atomic mass is 10.1. The highest BCUT2D eigenvalue weighted by Crippen LogP contribution is 2.17. The third kappa shape index (κ3) is 10.3. The summed E-state index contributed by atoms with van der Waals surface area (Å²) in [5.41, 5.74) is 6.38. The molecule has 180 valence electrons. The smallest absolute Gasteiger partial charge is 0.305 e. The molecule has 0 saturated carbocycles. The zero-order chi connectivity index (χ0) is 24.6. The molecule has 0 atom stereocenters. The Kier molecular flexibility index (Phi) is 11.8. The molecule has 8 nitrogen and oxygen atoms in total. The number of hydrazine groups is 1. The van der Waals surface area contributed by atoms with Crippen molar-refractivity contribution in [3.05, 3.63) is 78.4 Å². The molecule has 0 fully saturated rings. The van der Waals surface area contributed by atoms with Gasteiger partial charge in [-0.3, -0.25) is 25.2 Å². The van der Waals surface area contributed by atoms with Gasteiger partial charge in [-0.15, -0.1) is 0 Å². The van der Waals surface area contributed by atoms with Crippen LogP contribution in [0.2, 0.25) is 0 Å². The number of carbonyl (C=O) groups excluding carboxylic acids is 3. The molecule has 2 rings (SSSR count). The van der Waals surface area contributed by atoms with E-state index in [-0.39, 0.29) is 36.4 Å². The van der Waals surface area contributed by atoms with Gasteiger partial charge in [-0.05, 0) is 49.2 Å². The van der Waals surface area contributed by atoms with E-state index in [4.69, 9.17) is 21.7 Å². The molecule has 0 aliphatic rings. The average molecular weight is 484 g/mol. The summed E-state index contributed by atoms with van der Waals surface area (Å²) >= 11 is 5.02. The molecular weight excluding hydrogens is 454 g/mol. The Morgan fingerprint density at radius 2 is 1.68 bits per heavy atom. The van der Waals surface area contributed by atoms with Crippen LogP contribution in [0, 0.1) is 0 Å². The van der Waals surface area contributed by atoms with Crippen molar-refractivity contribution in [2.75, 3.05) is 13.2 Å². The average Bonchev–Trinajstić information content (AvgIpc) is 2.84. The number of amides is 2. The first-order valence-corrected chi connectivity index (χ1v) is 11.3. The van der Waals surface area contributed by atoms with Gasteiger partial charge in [0, 0.05) is 12.8 Å². The number of esters is 1. The normalized spacial score (nSPS) is 10.0. The molecule has 9 heteroatoms. The van der Waals surface area contributed by atoms with Crippen LogP contribution in [0.1, 0.15) is 41.6 Å². The minimum absolute atomic E-state index is 0.0636. The maximum Gasteiger partial charge on any atom is 0.305 e. The Morgan fingerprint density at radius 1 is 0.941 bits per heavy atom. The van der Waals surface area contributed by atoms with Gasteiger partial charge >= 0.3 is 5.97 Å². The molecule has 2 amide bonds. The standard InChI is InChI=1S/C25H29N3O5S/c1-2-17-32-21-14-7-6-13-20(21)24(31)27-28-25(34)26-22(29)15-8-16-23(30)33-18-9-12-19-10-4-3-5-11-19/h2-7,10-11,13-14H,1,8-9,12,15-18H2,(H,27,31)(H2,26,28,29,34). The molecule has 0 aliphatic heterocycles. The second-order valence-corrected chi connectivity index (χ2v) is 7.62. The summed E-state index contributed by atoms with van der Waals surface area (Å²) in [7, 11) is 0. The Bertz CT molecular complexity index is 982. The van der Waals surface area contributed by atoms with Gasteiger partial charge in [0.05, 0.1) is 12.2 Å². The topological polar surface area (TPSA) is 106 Å². The van der Waals surface area contributed by atoms with Gasteiger partial charge in [0.15, 0.2) is 5.11 Å². The van der Waals surface area contributed by atoms with Gasteiger partial charge < -0.3 is 14.8 Å². The zero-order valence-corrected chi connectivity index (χ0v) is 19.7. The lowest BCUT2D eigenvalue weighted by molar-refractivity contribution is -0.143. The van der Waals surface area contributed by atoms with Gasteiger partial charge in [0.25, 0.3) is 5.91 Å². The number of aryl methyl sites for hydroxylation is 1. The maximum atomic E-state index is 12.4. The van der Waals surface area contributed by atoms with E-state index in [0.717, 1.165) is 12.8 Å². The van der Waals surface area contributed by atoms with Crippen LogP contribution in [-0.2, 0) is 20.7 Å². The molecule has 0 radical (unpaired) electrons. The first kappa shape index (κ1) is 26.5. The molecule has 0 aliphatic carbocycles. The number of hydrogen-bond donors (Lipinski definition) is 3. The number of ether oxygens (including phenoxy) is 2. The van der Waals surface area contributed by atoms with Gasteiger partial charge in [-0.2, -0.15) is 0 Å². The number of benzene rings is 2. The highest BCUT2D eigenvalue weighted by Gasteiger charge is 2.13. The monoisotopic (exact) mass is 483 g/mol. The first-order valence-electron chi connectivity index (χ1n) is 10.9. The van der Waals surface area contributed by atoms with E-state index < -0.39 is 5.91 Å². The summed E-state index contributed by atoms with van der Waals surface area (Å²) in [5, 5.41) is 2.39. The minimum Gasteiger partial charge on any atom is -0.489 e. The number of para-hydroxylation sites is 1. The Labute approximate surface area is 204 Å². The maximum absolute atomic E-state index is 12.4. The van der Waals surface area contributed by atoms with Crippen LogP contribution in [0.15, 0.2) is 67.3 Å². The first-order chi connectivity index (χ1) is 16.5. The fraction of sp³-hybridized carbons (Fsp3) is 0.280. The van der Waals surface area contributed by atoms with Crippen LogP contribution < -0.4 is 20.9 Å². The van der Waals surface area contributed by atoms with Crippen molar-refractivity contribution in [3.63, 3.8) is 0 Å². The predicted molar refractivity (Wildman–Crippen MR) is 133 cm³/mol. The highest BCUT2D eigenvalue weighted by atomic mass is 32.1. The molecular formula is C25H29N3O5S. The molecule has 34 heavy (non-hydrogen) atoms. The van der Waals surface area contributed by atoms with Gasteiger partial charge in [0.1, 0.15) is 12.4 Å². The van der Waals surface area contributed by atoms with Crippen molar-refractivity contribution in [1.29, 1.82) is 0 Å². The summed E-state index contributed by atoms with van der Waals surface area (Å²) < 4.78 is 10.6. The van der Waals surface area contributed by atoms with Crippen molar-refractivity contribution in [3.8, 4) is 5.75 Å². The second kappa shape index (κ2) is 15.2. The molecule has 0 spiro atoms. The predicted octanol–water partition coefficient (Wildman–Crippen LogP) is 3.23. The molecule has 2 aromatic carbocycles. The van der Waals surface area contributed by atoms with Gasteiger partial charge in [-0.1, -0.05) is 55.1 Å². The van der Waals surface area contributed by atoms with Crippen LogP contribution in [0.25, 0.3) is 0 Å². The Hall–Kier alpha value is -3.72. The fourth-order valence-electron chi connectivity index (χ4n) is 2.90. The summed E-state index contributed by atoms with van der Waals surface area (Å²) in [6.45, 7) is 4.17. The van der Waals surface area contributed by atoms with E-state index in [1.165, 1.54) is 5.56 Å². The summed E-state index contributed by atoms with van der Waals surface area (Å²) in [6, 6.07) is 16.7. The number of hydrogen-bond acceptors (Lipinski definition) is 6. The van der Waals surface area contributed by atoms with Crippen molar-refractivity contribution in [2.45, 2.75) is 32.1 Å². The Balaban J connectivity index is 1.59. The zero-order valence-electron chi connectivity index (χ0n) is 18.9. The Morgan fingerprint density at radius 3 is 2.44 bits per heavy atom.